The topological polar surface area (TPSA) is 38.3 Å². The Morgan fingerprint density at radius 3 is 1.76 bits per heavy atom. The monoisotopic (exact) mass is 537 g/mol. The molecule has 2 aromatic rings. The predicted molar refractivity (Wildman–Crippen MR) is 162 cm³/mol. The number of aryl methyl sites for hydroxylation is 3. The van der Waals surface area contributed by atoms with Gasteiger partial charge in [0, 0.05) is 12.0 Å². The summed E-state index contributed by atoms with van der Waals surface area (Å²) < 4.78 is 32.2. The Kier molecular flexibility index (Phi) is 24.3. The molecule has 0 atom stereocenters. The van der Waals surface area contributed by atoms with E-state index in [1.165, 1.54) is 42.7 Å². The van der Waals surface area contributed by atoms with Gasteiger partial charge < -0.3 is 9.53 Å². The van der Waals surface area contributed by atoms with E-state index in [9.17, 15) is 8.78 Å². The quantitative estimate of drug-likeness (QED) is 0.269. The van der Waals surface area contributed by atoms with Gasteiger partial charge in [-0.2, -0.15) is 0 Å². The molecule has 0 aliphatic carbocycles. The third kappa shape index (κ3) is 18.2. The number of aldehydes is 1. The van der Waals surface area contributed by atoms with Crippen molar-refractivity contribution in [3.8, 4) is 0 Å². The van der Waals surface area contributed by atoms with E-state index in [2.05, 4.69) is 72.0 Å². The van der Waals surface area contributed by atoms with Crippen LogP contribution in [0.4, 0.5) is 8.78 Å². The highest BCUT2D eigenvalue weighted by atomic mass is 19.3. The number of nitrogens with one attached hydrogen (secondary N) is 1. The Balaban J connectivity index is -0.000000505. The minimum atomic E-state index is -2.67. The Hall–Kier alpha value is -2.11. The average molecular weight is 538 g/mol. The molecular weight excluding hydrogens is 480 g/mol. The molecule has 0 fully saturated rings. The average Bonchev–Trinajstić information content (AvgIpc) is 2.89. The van der Waals surface area contributed by atoms with Crippen molar-refractivity contribution in [1.82, 2.24) is 5.32 Å². The van der Waals surface area contributed by atoms with Crippen molar-refractivity contribution in [1.29, 1.82) is 0 Å². The third-order valence-corrected chi connectivity index (χ3v) is 5.57. The lowest BCUT2D eigenvalue weighted by atomic mass is 10.0. The van der Waals surface area contributed by atoms with Crippen molar-refractivity contribution >= 4 is 6.29 Å². The fourth-order valence-electron chi connectivity index (χ4n) is 3.07. The second-order valence-corrected chi connectivity index (χ2v) is 9.55. The van der Waals surface area contributed by atoms with Gasteiger partial charge in [0.1, 0.15) is 12.0 Å². The van der Waals surface area contributed by atoms with E-state index in [-0.39, 0.29) is 17.7 Å². The maximum atomic E-state index is 13.1. The summed E-state index contributed by atoms with van der Waals surface area (Å²) in [5, 5.41) is 3.29. The van der Waals surface area contributed by atoms with E-state index in [1.54, 1.807) is 6.07 Å². The van der Waals surface area contributed by atoms with Gasteiger partial charge in [-0.05, 0) is 70.2 Å². The van der Waals surface area contributed by atoms with Crippen molar-refractivity contribution in [2.24, 2.45) is 5.92 Å². The first-order valence-corrected chi connectivity index (χ1v) is 14.0. The van der Waals surface area contributed by atoms with Crippen LogP contribution < -0.4 is 5.32 Å². The van der Waals surface area contributed by atoms with Gasteiger partial charge in [-0.3, -0.25) is 5.32 Å². The SMILES string of the molecule is CC.CC(C)C.CC=O.CCC(CC)(NC)OCc1ccc(C)c(C)c1.CCC(F)(F)c1cccc(C)c1. The van der Waals surface area contributed by atoms with Crippen LogP contribution in [0.15, 0.2) is 42.5 Å². The molecule has 0 radical (unpaired) electrons. The van der Waals surface area contributed by atoms with Gasteiger partial charge in [-0.25, -0.2) is 8.78 Å². The van der Waals surface area contributed by atoms with Crippen LogP contribution in [0.1, 0.15) is 109 Å². The molecule has 0 aliphatic rings. The van der Waals surface area contributed by atoms with Gasteiger partial charge in [0.05, 0.1) is 6.61 Å². The second kappa shape index (κ2) is 22.8. The Morgan fingerprint density at radius 2 is 1.39 bits per heavy atom. The highest BCUT2D eigenvalue weighted by molar-refractivity contribution is 5.44. The zero-order valence-corrected chi connectivity index (χ0v) is 26.6. The molecule has 0 aliphatic heterocycles. The zero-order valence-electron chi connectivity index (χ0n) is 26.6. The summed E-state index contributed by atoms with van der Waals surface area (Å²) in [5.41, 5.74) is 4.72. The number of carbonyl (C=O) groups is 1. The molecule has 0 unspecified atom stereocenters. The molecule has 0 heterocycles. The summed E-state index contributed by atoms with van der Waals surface area (Å²) >= 11 is 0. The standard InChI is InChI=1S/C15H25NO.C10H12F2.C4H10.C2H4O.C2H6/c1-6-15(7-2,16-5)17-11-14-9-8-12(3)13(4)10-14;1-3-10(11,12)9-6-4-5-8(2)7-9;1-4(2)3;1-2-3;1-2/h8-10,16H,6-7,11H2,1-5H3;4-7H,3H2,1-2H3;4H,1-3H3;2H,1H3;1-2H3. The minimum Gasteiger partial charge on any atom is -0.356 e. The first-order chi connectivity index (χ1) is 17.8. The van der Waals surface area contributed by atoms with Crippen LogP contribution in [0.5, 0.6) is 0 Å². The van der Waals surface area contributed by atoms with Gasteiger partial charge in [0.25, 0.3) is 5.92 Å². The summed E-state index contributed by atoms with van der Waals surface area (Å²) in [5.74, 6) is -1.84. The van der Waals surface area contributed by atoms with Gasteiger partial charge in [0.15, 0.2) is 0 Å². The number of ether oxygens (including phenoxy) is 1. The molecule has 1 N–H and O–H groups in total. The van der Waals surface area contributed by atoms with Crippen molar-refractivity contribution in [2.75, 3.05) is 7.05 Å². The first-order valence-electron chi connectivity index (χ1n) is 14.0. The van der Waals surface area contributed by atoms with Crippen LogP contribution in [0, 0.1) is 26.7 Å². The van der Waals surface area contributed by atoms with Crippen LogP contribution in [0.2, 0.25) is 0 Å². The lowest BCUT2D eigenvalue weighted by molar-refractivity contribution is -0.106. The molecule has 5 heteroatoms. The van der Waals surface area contributed by atoms with Crippen molar-refractivity contribution in [3.05, 3.63) is 70.3 Å². The van der Waals surface area contributed by atoms with Crippen molar-refractivity contribution in [3.63, 3.8) is 0 Å². The van der Waals surface area contributed by atoms with E-state index in [0.717, 1.165) is 30.6 Å². The number of carbonyl (C=O) groups excluding carboxylic acids is 1. The molecule has 0 amide bonds. The predicted octanol–water partition coefficient (Wildman–Crippen LogP) is 9.95. The Labute approximate surface area is 233 Å². The normalized spacial score (nSPS) is 10.4. The maximum absolute atomic E-state index is 13.1. The summed E-state index contributed by atoms with van der Waals surface area (Å²) in [4.78, 5) is 8.81. The van der Waals surface area contributed by atoms with Crippen LogP contribution in [0.3, 0.4) is 0 Å². The second-order valence-electron chi connectivity index (χ2n) is 9.55. The van der Waals surface area contributed by atoms with Crippen molar-refractivity contribution in [2.45, 2.75) is 121 Å². The lowest BCUT2D eigenvalue weighted by Crippen LogP contribution is -2.44. The maximum Gasteiger partial charge on any atom is 0.273 e. The smallest absolute Gasteiger partial charge is 0.273 e. The van der Waals surface area contributed by atoms with Gasteiger partial charge in [-0.1, -0.05) is 103 Å². The lowest BCUT2D eigenvalue weighted by Gasteiger charge is -2.31. The summed E-state index contributed by atoms with van der Waals surface area (Å²) in [6, 6.07) is 13.0. The fraction of sp³-hybridized carbons (Fsp3) is 0.606. The molecule has 3 nitrogen and oxygen atoms in total. The molecule has 38 heavy (non-hydrogen) atoms. The number of alkyl halides is 2. The number of hydrogen-bond acceptors (Lipinski definition) is 3. The molecule has 0 aromatic heterocycles. The summed E-state index contributed by atoms with van der Waals surface area (Å²) in [6.07, 6.45) is 2.56. The molecule has 0 spiro atoms. The Morgan fingerprint density at radius 1 is 0.895 bits per heavy atom. The molecule has 0 saturated heterocycles. The zero-order chi connectivity index (χ0) is 30.4. The van der Waals surface area contributed by atoms with Crippen LogP contribution in [0.25, 0.3) is 0 Å². The number of halogens is 2. The number of benzene rings is 2. The number of hydrogen-bond donors (Lipinski definition) is 1. The Bertz CT molecular complexity index is 836. The molecule has 2 rings (SSSR count). The van der Waals surface area contributed by atoms with Gasteiger partial charge >= 0.3 is 0 Å². The van der Waals surface area contributed by atoms with E-state index in [4.69, 9.17) is 9.53 Å². The molecule has 220 valence electrons. The fourth-order valence-corrected chi connectivity index (χ4v) is 3.07. The third-order valence-electron chi connectivity index (χ3n) is 5.57. The van der Waals surface area contributed by atoms with Gasteiger partial charge in [0.2, 0.25) is 0 Å². The van der Waals surface area contributed by atoms with Crippen LogP contribution >= 0.6 is 0 Å². The van der Waals surface area contributed by atoms with E-state index < -0.39 is 5.92 Å². The molecule has 2 aromatic carbocycles. The van der Waals surface area contributed by atoms with E-state index in [0.29, 0.717) is 6.61 Å². The molecular formula is C33H57F2NO2. The highest BCUT2D eigenvalue weighted by Crippen LogP contribution is 2.31. The van der Waals surface area contributed by atoms with E-state index >= 15 is 0 Å². The largest absolute Gasteiger partial charge is 0.356 e. The molecule has 0 bridgehead atoms. The van der Waals surface area contributed by atoms with Crippen LogP contribution in [-0.4, -0.2) is 19.1 Å². The van der Waals surface area contributed by atoms with E-state index in [1.807, 2.05) is 33.9 Å². The first kappa shape index (κ1) is 40.4. The summed E-state index contributed by atoms with van der Waals surface area (Å²) in [7, 11) is 1.97. The number of rotatable bonds is 8. The van der Waals surface area contributed by atoms with Crippen LogP contribution in [-0.2, 0) is 22.1 Å². The minimum absolute atomic E-state index is 0.116. The van der Waals surface area contributed by atoms with Gasteiger partial charge in [-0.15, -0.1) is 0 Å². The highest BCUT2D eigenvalue weighted by Gasteiger charge is 2.28. The summed E-state index contributed by atoms with van der Waals surface area (Å²) in [6.45, 7) is 24.5. The van der Waals surface area contributed by atoms with Crippen molar-refractivity contribution < 1.29 is 18.3 Å². The molecule has 0 saturated carbocycles.